The summed E-state index contributed by atoms with van der Waals surface area (Å²) in [5, 5.41) is 4.30. The number of para-hydroxylation sites is 2. The van der Waals surface area contributed by atoms with E-state index in [2.05, 4.69) is 41.5 Å². The van der Waals surface area contributed by atoms with E-state index < -0.39 is 0 Å². The Kier molecular flexibility index (Phi) is 4.68. The molecule has 6 nitrogen and oxygen atoms in total. The van der Waals surface area contributed by atoms with Crippen LogP contribution in [0.1, 0.15) is 39.6 Å². The van der Waals surface area contributed by atoms with Crippen LogP contribution in [0.25, 0.3) is 11.1 Å². The van der Waals surface area contributed by atoms with E-state index in [1.807, 2.05) is 36.1 Å². The molecule has 3 aliphatic rings. The number of likely N-dealkylation sites (tertiary alicyclic amines) is 1. The Morgan fingerprint density at radius 1 is 1.25 bits per heavy atom. The number of fused-ring (bicyclic) bond motifs is 2. The SMILES string of the molecule is Cc1nc(C(=O)N2C[C@H]3C[C@H]3[C@H]2CNc2nc3ccccc3o2)c(C2C=CC=CC2C)s1. The van der Waals surface area contributed by atoms with Gasteiger partial charge in [-0.3, -0.25) is 4.79 Å². The second kappa shape index (κ2) is 7.59. The van der Waals surface area contributed by atoms with Crippen molar-refractivity contribution < 1.29 is 9.21 Å². The summed E-state index contributed by atoms with van der Waals surface area (Å²) in [6, 6.07) is 8.39. The van der Waals surface area contributed by atoms with Crippen molar-refractivity contribution in [2.24, 2.45) is 17.8 Å². The van der Waals surface area contributed by atoms with Gasteiger partial charge in [-0.2, -0.15) is 4.98 Å². The third-order valence-corrected chi connectivity index (χ3v) is 8.07. The Morgan fingerprint density at radius 2 is 2.09 bits per heavy atom. The lowest BCUT2D eigenvalue weighted by Crippen LogP contribution is -2.43. The minimum atomic E-state index is 0.0658. The normalized spacial score (nSPS) is 28.3. The Bertz CT molecular complexity index is 1210. The first-order valence-corrected chi connectivity index (χ1v) is 12.1. The summed E-state index contributed by atoms with van der Waals surface area (Å²) < 4.78 is 5.82. The number of hydrogen-bond acceptors (Lipinski definition) is 6. The molecule has 1 saturated carbocycles. The lowest BCUT2D eigenvalue weighted by molar-refractivity contribution is 0.0708. The Morgan fingerprint density at radius 3 is 2.94 bits per heavy atom. The monoisotopic (exact) mass is 446 g/mol. The topological polar surface area (TPSA) is 71.3 Å². The minimum Gasteiger partial charge on any atom is -0.424 e. The lowest BCUT2D eigenvalue weighted by atomic mass is 9.88. The van der Waals surface area contributed by atoms with E-state index >= 15 is 0 Å². The number of oxazole rings is 1. The highest BCUT2D eigenvalue weighted by atomic mass is 32.1. The molecule has 2 unspecified atom stereocenters. The number of carbonyl (C=O) groups is 1. The fourth-order valence-corrected chi connectivity index (χ4v) is 6.32. The number of aromatic nitrogens is 2. The molecule has 32 heavy (non-hydrogen) atoms. The molecule has 5 atom stereocenters. The number of piperidine rings is 1. The second-order valence-electron chi connectivity index (χ2n) is 9.15. The number of benzene rings is 1. The van der Waals surface area contributed by atoms with Crippen molar-refractivity contribution in [3.05, 3.63) is 64.1 Å². The number of carbonyl (C=O) groups excluding carboxylic acids is 1. The third kappa shape index (κ3) is 3.35. The first-order chi connectivity index (χ1) is 15.6. The van der Waals surface area contributed by atoms with Crippen LogP contribution in [-0.2, 0) is 0 Å². The van der Waals surface area contributed by atoms with E-state index in [1.165, 1.54) is 6.42 Å². The molecule has 7 heteroatoms. The molecule has 2 fully saturated rings. The molecule has 3 heterocycles. The van der Waals surface area contributed by atoms with Gasteiger partial charge in [-0.15, -0.1) is 11.3 Å². The fraction of sp³-hybridized carbons (Fsp3) is 0.400. The van der Waals surface area contributed by atoms with Crippen molar-refractivity contribution in [2.45, 2.75) is 32.2 Å². The maximum atomic E-state index is 13.7. The lowest BCUT2D eigenvalue weighted by Gasteiger charge is -2.28. The van der Waals surface area contributed by atoms with E-state index in [0.717, 1.165) is 27.5 Å². The van der Waals surface area contributed by atoms with Crippen molar-refractivity contribution in [2.75, 3.05) is 18.4 Å². The number of hydrogen-bond donors (Lipinski definition) is 1. The number of allylic oxidation sites excluding steroid dienone is 4. The van der Waals surface area contributed by atoms with Crippen LogP contribution >= 0.6 is 11.3 Å². The molecule has 2 aromatic heterocycles. The van der Waals surface area contributed by atoms with Crippen LogP contribution in [-0.4, -0.2) is 39.9 Å². The Labute approximate surface area is 191 Å². The van der Waals surface area contributed by atoms with Crippen LogP contribution < -0.4 is 5.32 Å². The van der Waals surface area contributed by atoms with Crippen LogP contribution in [0.3, 0.4) is 0 Å². The standard InChI is InChI=1S/C25H26N4O2S/c1-14-7-3-4-8-17(14)23-22(27-15(2)32-23)24(30)29-13-16-11-18(16)20(29)12-26-25-28-19-9-5-6-10-21(19)31-25/h3-10,14,16-18,20H,11-13H2,1-2H3,(H,26,28)/t14?,16-,17?,18-,20-/m1/s1. The van der Waals surface area contributed by atoms with Crippen LogP contribution in [0.2, 0.25) is 0 Å². The number of rotatable bonds is 5. The Hall–Kier alpha value is -2.93. The maximum absolute atomic E-state index is 13.7. The predicted octanol–water partition coefficient (Wildman–Crippen LogP) is 5.01. The van der Waals surface area contributed by atoms with Gasteiger partial charge < -0.3 is 14.6 Å². The summed E-state index contributed by atoms with van der Waals surface area (Å²) in [7, 11) is 0. The summed E-state index contributed by atoms with van der Waals surface area (Å²) >= 11 is 1.65. The van der Waals surface area contributed by atoms with Gasteiger partial charge in [0.1, 0.15) is 11.2 Å². The maximum Gasteiger partial charge on any atom is 0.295 e. The van der Waals surface area contributed by atoms with Gasteiger partial charge in [-0.25, -0.2) is 4.98 Å². The molecule has 0 spiro atoms. The highest BCUT2D eigenvalue weighted by Crippen LogP contribution is 2.50. The highest BCUT2D eigenvalue weighted by molar-refractivity contribution is 7.12. The quantitative estimate of drug-likeness (QED) is 0.596. The van der Waals surface area contributed by atoms with Gasteiger partial charge in [-0.05, 0) is 43.2 Å². The summed E-state index contributed by atoms with van der Waals surface area (Å²) in [5.41, 5.74) is 2.24. The molecule has 1 N–H and O–H groups in total. The van der Waals surface area contributed by atoms with Crippen molar-refractivity contribution in [3.8, 4) is 0 Å². The second-order valence-corrected chi connectivity index (χ2v) is 10.4. The zero-order valence-electron chi connectivity index (χ0n) is 18.2. The van der Waals surface area contributed by atoms with E-state index in [1.54, 1.807) is 11.3 Å². The van der Waals surface area contributed by atoms with Gasteiger partial charge in [-0.1, -0.05) is 43.4 Å². The first-order valence-electron chi connectivity index (χ1n) is 11.3. The summed E-state index contributed by atoms with van der Waals surface area (Å²) in [4.78, 5) is 26.1. The smallest absolute Gasteiger partial charge is 0.295 e. The molecule has 1 amide bonds. The molecule has 1 aliphatic heterocycles. The van der Waals surface area contributed by atoms with Crippen molar-refractivity contribution in [1.82, 2.24) is 14.9 Å². The fourth-order valence-electron chi connectivity index (χ4n) is 5.21. The number of anilines is 1. The number of thiazole rings is 1. The summed E-state index contributed by atoms with van der Waals surface area (Å²) in [5.74, 6) is 1.79. The Balaban J connectivity index is 1.23. The average Bonchev–Trinajstić information content (AvgIpc) is 3.11. The molecule has 1 saturated heterocycles. The zero-order chi connectivity index (χ0) is 21.8. The zero-order valence-corrected chi connectivity index (χ0v) is 19.0. The van der Waals surface area contributed by atoms with Crippen LogP contribution in [0.4, 0.5) is 6.01 Å². The molecule has 2 aliphatic carbocycles. The average molecular weight is 447 g/mol. The van der Waals surface area contributed by atoms with Gasteiger partial charge in [0.2, 0.25) is 0 Å². The summed E-state index contributed by atoms with van der Waals surface area (Å²) in [6.45, 7) is 5.65. The molecule has 6 rings (SSSR count). The van der Waals surface area contributed by atoms with Gasteiger partial charge in [0, 0.05) is 23.9 Å². The predicted molar refractivity (Wildman–Crippen MR) is 126 cm³/mol. The largest absolute Gasteiger partial charge is 0.424 e. The van der Waals surface area contributed by atoms with Crippen LogP contribution in [0.5, 0.6) is 0 Å². The molecule has 0 bridgehead atoms. The number of amides is 1. The molecule has 164 valence electrons. The minimum absolute atomic E-state index is 0.0658. The van der Waals surface area contributed by atoms with Crippen molar-refractivity contribution in [1.29, 1.82) is 0 Å². The number of nitrogens with one attached hydrogen (secondary N) is 1. The summed E-state index contributed by atoms with van der Waals surface area (Å²) in [6.07, 6.45) is 9.75. The van der Waals surface area contributed by atoms with Crippen LogP contribution in [0.15, 0.2) is 53.0 Å². The van der Waals surface area contributed by atoms with E-state index in [4.69, 9.17) is 9.40 Å². The molecule has 1 aromatic carbocycles. The molecule has 0 radical (unpaired) electrons. The van der Waals surface area contributed by atoms with Gasteiger partial charge in [0.05, 0.1) is 11.0 Å². The van der Waals surface area contributed by atoms with E-state index in [0.29, 0.717) is 36.0 Å². The molecular weight excluding hydrogens is 420 g/mol. The van der Waals surface area contributed by atoms with Gasteiger partial charge in [0.15, 0.2) is 5.58 Å². The highest BCUT2D eigenvalue weighted by Gasteiger charge is 2.54. The molecule has 3 aromatic rings. The van der Waals surface area contributed by atoms with E-state index in [9.17, 15) is 4.79 Å². The first kappa shape index (κ1) is 19.7. The van der Waals surface area contributed by atoms with Crippen molar-refractivity contribution >= 4 is 34.4 Å². The van der Waals surface area contributed by atoms with Gasteiger partial charge >= 0.3 is 0 Å². The van der Waals surface area contributed by atoms with Gasteiger partial charge in [0.25, 0.3) is 11.9 Å². The number of aryl methyl sites for hydroxylation is 1. The van der Waals surface area contributed by atoms with E-state index in [-0.39, 0.29) is 17.9 Å². The molecular formula is C25H26N4O2S. The number of nitrogens with zero attached hydrogens (tertiary/aromatic N) is 3. The third-order valence-electron chi connectivity index (χ3n) is 7.00. The van der Waals surface area contributed by atoms with Crippen molar-refractivity contribution in [3.63, 3.8) is 0 Å². The van der Waals surface area contributed by atoms with Crippen LogP contribution in [0, 0.1) is 24.7 Å².